The predicted molar refractivity (Wildman–Crippen MR) is 58.4 cm³/mol. The van der Waals surface area contributed by atoms with Crippen LogP contribution in [0.4, 0.5) is 0 Å². The molecule has 0 unspecified atom stereocenters. The molecule has 0 spiro atoms. The molecule has 0 saturated heterocycles. The minimum absolute atomic E-state index is 0.799. The van der Waals surface area contributed by atoms with Gasteiger partial charge in [0.05, 0.1) is 6.61 Å². The van der Waals surface area contributed by atoms with E-state index in [-0.39, 0.29) is 0 Å². The van der Waals surface area contributed by atoms with E-state index >= 15 is 0 Å². The van der Waals surface area contributed by atoms with Crippen molar-refractivity contribution in [2.24, 2.45) is 0 Å². The second-order valence-corrected chi connectivity index (χ2v) is 3.82. The van der Waals surface area contributed by atoms with E-state index in [9.17, 15) is 0 Å². The number of benzene rings is 1. The minimum atomic E-state index is 0.799. The van der Waals surface area contributed by atoms with E-state index in [1.807, 2.05) is 18.2 Å². The molecule has 0 aliphatic carbocycles. The Balaban J connectivity index is 2.37. The summed E-state index contributed by atoms with van der Waals surface area (Å²) in [4.78, 5) is 0. The second-order valence-electron chi connectivity index (χ2n) is 2.57. The standard InChI is InChI=1S/C10H12IO/c1-2-3-8-12-10-6-4-9(11)5-7-10/h4-6H,2-3,8H2,1H3. The van der Waals surface area contributed by atoms with Crippen LogP contribution in [0.5, 0.6) is 5.75 Å². The Labute approximate surface area is 87.3 Å². The predicted octanol–water partition coefficient (Wildman–Crippen LogP) is 3.27. The first-order valence-corrected chi connectivity index (χ1v) is 5.21. The molecule has 0 fully saturated rings. The fourth-order valence-corrected chi connectivity index (χ4v) is 1.14. The lowest BCUT2D eigenvalue weighted by molar-refractivity contribution is 0.308. The average Bonchev–Trinajstić information content (AvgIpc) is 2.09. The second kappa shape index (κ2) is 5.41. The van der Waals surface area contributed by atoms with Crippen molar-refractivity contribution >= 4 is 22.6 Å². The maximum atomic E-state index is 5.44. The third-order valence-corrected chi connectivity index (χ3v) is 2.17. The summed E-state index contributed by atoms with van der Waals surface area (Å²) >= 11 is 2.25. The van der Waals surface area contributed by atoms with Gasteiger partial charge in [0.2, 0.25) is 0 Å². The third kappa shape index (κ3) is 3.43. The van der Waals surface area contributed by atoms with Crippen LogP contribution in [0.3, 0.4) is 0 Å². The fourth-order valence-electron chi connectivity index (χ4n) is 0.808. The molecule has 1 aromatic carbocycles. The molecule has 0 aromatic heterocycles. The normalized spacial score (nSPS) is 9.83. The molecule has 0 amide bonds. The SMILES string of the molecule is CCCCOc1[c]cc(I)cc1. The highest BCUT2D eigenvalue weighted by molar-refractivity contribution is 14.1. The largest absolute Gasteiger partial charge is 0.493 e. The van der Waals surface area contributed by atoms with Gasteiger partial charge in [-0.1, -0.05) is 13.3 Å². The lowest BCUT2D eigenvalue weighted by atomic mass is 10.3. The van der Waals surface area contributed by atoms with Gasteiger partial charge in [0.25, 0.3) is 0 Å². The van der Waals surface area contributed by atoms with Crippen LogP contribution < -0.4 is 4.74 Å². The smallest absolute Gasteiger partial charge is 0.127 e. The highest BCUT2D eigenvalue weighted by Gasteiger charge is 1.92. The Morgan fingerprint density at radius 1 is 1.50 bits per heavy atom. The summed E-state index contributed by atoms with van der Waals surface area (Å²) in [5.41, 5.74) is 0. The topological polar surface area (TPSA) is 9.23 Å². The highest BCUT2D eigenvalue weighted by atomic mass is 127. The van der Waals surface area contributed by atoms with Crippen molar-refractivity contribution in [3.8, 4) is 5.75 Å². The summed E-state index contributed by atoms with van der Waals surface area (Å²) in [5.74, 6) is 0.851. The summed E-state index contributed by atoms with van der Waals surface area (Å²) in [5, 5.41) is 0. The van der Waals surface area contributed by atoms with Gasteiger partial charge >= 0.3 is 0 Å². The molecule has 0 saturated carbocycles. The minimum Gasteiger partial charge on any atom is -0.493 e. The number of hydrogen-bond acceptors (Lipinski definition) is 1. The van der Waals surface area contributed by atoms with E-state index in [2.05, 4.69) is 35.6 Å². The quantitative estimate of drug-likeness (QED) is 0.605. The zero-order chi connectivity index (χ0) is 8.81. The van der Waals surface area contributed by atoms with Crippen LogP contribution in [0, 0.1) is 9.64 Å². The van der Waals surface area contributed by atoms with Crippen LogP contribution in [-0.2, 0) is 0 Å². The van der Waals surface area contributed by atoms with Crippen LogP contribution in [0.2, 0.25) is 0 Å². The number of rotatable bonds is 4. The van der Waals surface area contributed by atoms with Gasteiger partial charge in [0, 0.05) is 9.64 Å². The van der Waals surface area contributed by atoms with Gasteiger partial charge in [0.1, 0.15) is 5.75 Å². The zero-order valence-corrected chi connectivity index (χ0v) is 9.30. The fraction of sp³-hybridized carbons (Fsp3) is 0.400. The van der Waals surface area contributed by atoms with Crippen LogP contribution in [-0.4, -0.2) is 6.61 Å². The van der Waals surface area contributed by atoms with E-state index < -0.39 is 0 Å². The van der Waals surface area contributed by atoms with E-state index in [1.165, 1.54) is 9.99 Å². The molecule has 1 radical (unpaired) electrons. The first-order chi connectivity index (χ1) is 5.83. The van der Waals surface area contributed by atoms with Crippen LogP contribution in [0.15, 0.2) is 18.2 Å². The van der Waals surface area contributed by atoms with Gasteiger partial charge in [-0.3, -0.25) is 0 Å². The van der Waals surface area contributed by atoms with Crippen LogP contribution in [0.1, 0.15) is 19.8 Å². The first kappa shape index (κ1) is 9.84. The molecule has 1 nitrogen and oxygen atoms in total. The molecule has 0 atom stereocenters. The Bertz CT molecular complexity index is 218. The van der Waals surface area contributed by atoms with Gasteiger partial charge in [-0.15, -0.1) is 0 Å². The molecule has 0 aliphatic heterocycles. The van der Waals surface area contributed by atoms with Crippen LogP contribution in [0.25, 0.3) is 0 Å². The monoisotopic (exact) mass is 275 g/mol. The van der Waals surface area contributed by atoms with E-state index in [4.69, 9.17) is 4.74 Å². The van der Waals surface area contributed by atoms with Gasteiger partial charge in [-0.05, 0) is 47.2 Å². The van der Waals surface area contributed by atoms with Crippen LogP contribution >= 0.6 is 22.6 Å². The van der Waals surface area contributed by atoms with Crippen molar-refractivity contribution in [1.82, 2.24) is 0 Å². The molecule has 0 N–H and O–H groups in total. The third-order valence-electron chi connectivity index (χ3n) is 1.50. The van der Waals surface area contributed by atoms with Crippen molar-refractivity contribution in [1.29, 1.82) is 0 Å². The Morgan fingerprint density at radius 3 is 2.92 bits per heavy atom. The molecule has 1 aromatic rings. The summed E-state index contributed by atoms with van der Waals surface area (Å²) in [6.07, 6.45) is 2.28. The van der Waals surface area contributed by atoms with Crippen molar-refractivity contribution in [3.05, 3.63) is 27.8 Å². The van der Waals surface area contributed by atoms with E-state index in [0.717, 1.165) is 18.8 Å². The van der Waals surface area contributed by atoms with Crippen molar-refractivity contribution < 1.29 is 4.74 Å². The Kier molecular flexibility index (Phi) is 4.43. The number of hydrogen-bond donors (Lipinski definition) is 0. The van der Waals surface area contributed by atoms with Gasteiger partial charge in [0.15, 0.2) is 0 Å². The molecule has 65 valence electrons. The summed E-state index contributed by atoms with van der Waals surface area (Å²) < 4.78 is 6.63. The Hall–Kier alpha value is -0.250. The maximum absolute atomic E-state index is 5.44. The number of unbranched alkanes of at least 4 members (excludes halogenated alkanes) is 1. The van der Waals surface area contributed by atoms with Crippen molar-refractivity contribution in [2.45, 2.75) is 19.8 Å². The van der Waals surface area contributed by atoms with Gasteiger partial charge in [-0.2, -0.15) is 0 Å². The molecule has 2 heteroatoms. The van der Waals surface area contributed by atoms with Crippen molar-refractivity contribution in [2.75, 3.05) is 6.61 Å². The maximum Gasteiger partial charge on any atom is 0.127 e. The summed E-state index contributed by atoms with van der Waals surface area (Å²) in [7, 11) is 0. The Morgan fingerprint density at radius 2 is 2.33 bits per heavy atom. The lowest BCUT2D eigenvalue weighted by Crippen LogP contribution is -1.95. The molecule has 0 aliphatic rings. The van der Waals surface area contributed by atoms with E-state index in [0.29, 0.717) is 0 Å². The molecular weight excluding hydrogens is 263 g/mol. The van der Waals surface area contributed by atoms with E-state index in [1.54, 1.807) is 0 Å². The molecule has 0 heterocycles. The first-order valence-electron chi connectivity index (χ1n) is 4.13. The van der Waals surface area contributed by atoms with Crippen molar-refractivity contribution in [3.63, 3.8) is 0 Å². The average molecular weight is 275 g/mol. The lowest BCUT2D eigenvalue weighted by Gasteiger charge is -2.03. The zero-order valence-electron chi connectivity index (χ0n) is 7.14. The van der Waals surface area contributed by atoms with Gasteiger partial charge in [-0.25, -0.2) is 0 Å². The summed E-state index contributed by atoms with van der Waals surface area (Å²) in [6, 6.07) is 8.98. The highest BCUT2D eigenvalue weighted by Crippen LogP contribution is 2.12. The summed E-state index contributed by atoms with van der Waals surface area (Å²) in [6.45, 7) is 2.95. The molecule has 0 bridgehead atoms. The number of ether oxygens (including phenoxy) is 1. The van der Waals surface area contributed by atoms with Gasteiger partial charge < -0.3 is 4.74 Å². The molecular formula is C10H12IO. The molecule has 1 rings (SSSR count). The molecule has 12 heavy (non-hydrogen) atoms. The number of halogens is 1.